The third kappa shape index (κ3) is 2.70. The predicted octanol–water partition coefficient (Wildman–Crippen LogP) is 2.95. The summed E-state index contributed by atoms with van der Waals surface area (Å²) in [7, 11) is 0. The molecule has 1 N–H and O–H groups in total. The van der Waals surface area contributed by atoms with Crippen LogP contribution in [-0.2, 0) is 0 Å². The van der Waals surface area contributed by atoms with Gasteiger partial charge in [-0.3, -0.25) is 0 Å². The average molecular weight is 181 g/mol. The maximum Gasteiger partial charge on any atom is 0.00989 e. The summed E-state index contributed by atoms with van der Waals surface area (Å²) in [6.45, 7) is 4.76. The first-order valence-electron chi connectivity index (χ1n) is 6.01. The van der Waals surface area contributed by atoms with Gasteiger partial charge in [0.2, 0.25) is 0 Å². The highest BCUT2D eigenvalue weighted by atomic mass is 15.0. The van der Waals surface area contributed by atoms with Crippen molar-refractivity contribution in [3.8, 4) is 0 Å². The van der Waals surface area contributed by atoms with Crippen molar-refractivity contribution in [1.82, 2.24) is 5.32 Å². The molecule has 1 nitrogen and oxygen atoms in total. The lowest BCUT2D eigenvalue weighted by Gasteiger charge is -2.15. The van der Waals surface area contributed by atoms with Gasteiger partial charge in [-0.15, -0.1) is 0 Å². The summed E-state index contributed by atoms with van der Waals surface area (Å²) in [5.41, 5.74) is 0. The van der Waals surface area contributed by atoms with Crippen LogP contribution in [-0.4, -0.2) is 12.1 Å². The van der Waals surface area contributed by atoms with E-state index in [-0.39, 0.29) is 0 Å². The van der Waals surface area contributed by atoms with Crippen LogP contribution in [0.3, 0.4) is 0 Å². The molecule has 1 heteroatoms. The first kappa shape index (κ1) is 9.51. The Bertz CT molecular complexity index is 167. The van der Waals surface area contributed by atoms with Crippen molar-refractivity contribution in [3.05, 3.63) is 0 Å². The zero-order valence-corrected chi connectivity index (χ0v) is 9.05. The Morgan fingerprint density at radius 1 is 1.00 bits per heavy atom. The summed E-state index contributed by atoms with van der Waals surface area (Å²) < 4.78 is 0. The van der Waals surface area contributed by atoms with E-state index in [2.05, 4.69) is 19.2 Å². The van der Waals surface area contributed by atoms with E-state index in [1.54, 1.807) is 0 Å². The van der Waals surface area contributed by atoms with Gasteiger partial charge in [0.25, 0.3) is 0 Å². The Morgan fingerprint density at radius 2 is 1.77 bits per heavy atom. The molecule has 4 unspecified atom stereocenters. The van der Waals surface area contributed by atoms with Crippen LogP contribution < -0.4 is 5.32 Å². The average Bonchev–Trinajstić information content (AvgIpc) is 2.80. The Balaban J connectivity index is 1.72. The first-order valence-corrected chi connectivity index (χ1v) is 6.01. The number of hydrogen-bond acceptors (Lipinski definition) is 1. The van der Waals surface area contributed by atoms with Gasteiger partial charge < -0.3 is 5.32 Å². The molecule has 76 valence electrons. The second-order valence-corrected chi connectivity index (χ2v) is 5.30. The second-order valence-electron chi connectivity index (χ2n) is 5.30. The van der Waals surface area contributed by atoms with Crippen LogP contribution in [0.15, 0.2) is 0 Å². The molecule has 2 fully saturated rings. The molecule has 0 spiro atoms. The van der Waals surface area contributed by atoms with Crippen molar-refractivity contribution in [1.29, 1.82) is 0 Å². The minimum Gasteiger partial charge on any atom is -0.311 e. The molecule has 4 atom stereocenters. The van der Waals surface area contributed by atoms with Crippen molar-refractivity contribution < 1.29 is 0 Å². The number of hydrogen-bond donors (Lipinski definition) is 1. The standard InChI is InChI=1S/C12H23N/c1-9-4-3-5-11(7-6-9)13-12-8-10(12)2/h9-13H,3-8H2,1-2H3. The summed E-state index contributed by atoms with van der Waals surface area (Å²) in [5.74, 6) is 1.93. The van der Waals surface area contributed by atoms with E-state index >= 15 is 0 Å². The SMILES string of the molecule is CC1CCCC(NC2CC2C)CC1. The molecule has 0 amide bonds. The van der Waals surface area contributed by atoms with Gasteiger partial charge in [-0.05, 0) is 37.5 Å². The first-order chi connectivity index (χ1) is 6.25. The molecule has 0 heterocycles. The quantitative estimate of drug-likeness (QED) is 0.646. The van der Waals surface area contributed by atoms with Gasteiger partial charge in [-0.2, -0.15) is 0 Å². The van der Waals surface area contributed by atoms with Gasteiger partial charge in [-0.1, -0.05) is 26.7 Å². The van der Waals surface area contributed by atoms with Crippen LogP contribution in [0.5, 0.6) is 0 Å². The topological polar surface area (TPSA) is 12.0 Å². The van der Waals surface area contributed by atoms with Gasteiger partial charge in [0.1, 0.15) is 0 Å². The molecule has 2 rings (SSSR count). The lowest BCUT2D eigenvalue weighted by Crippen LogP contribution is -2.31. The molecular formula is C12H23N. The Labute approximate surface area is 82.3 Å². The lowest BCUT2D eigenvalue weighted by molar-refractivity contribution is 0.438. The maximum atomic E-state index is 3.80. The molecule has 0 aliphatic heterocycles. The molecule has 0 aromatic carbocycles. The van der Waals surface area contributed by atoms with Gasteiger partial charge in [0, 0.05) is 12.1 Å². The van der Waals surface area contributed by atoms with E-state index < -0.39 is 0 Å². The largest absolute Gasteiger partial charge is 0.311 e. The smallest absolute Gasteiger partial charge is 0.00989 e. The summed E-state index contributed by atoms with van der Waals surface area (Å²) in [6.07, 6.45) is 8.61. The van der Waals surface area contributed by atoms with Crippen LogP contribution in [0.2, 0.25) is 0 Å². The van der Waals surface area contributed by atoms with Crippen LogP contribution in [0.25, 0.3) is 0 Å². The molecule has 0 bridgehead atoms. The minimum atomic E-state index is 0.847. The normalized spacial score (nSPS) is 45.7. The van der Waals surface area contributed by atoms with Crippen molar-refractivity contribution >= 4 is 0 Å². The van der Waals surface area contributed by atoms with Crippen molar-refractivity contribution in [2.24, 2.45) is 11.8 Å². The third-order valence-corrected chi connectivity index (χ3v) is 3.82. The molecule has 0 aromatic heterocycles. The molecular weight excluding hydrogens is 158 g/mol. The van der Waals surface area contributed by atoms with Gasteiger partial charge in [0.05, 0.1) is 0 Å². The lowest BCUT2D eigenvalue weighted by atomic mass is 10.0. The second kappa shape index (κ2) is 4.00. The van der Waals surface area contributed by atoms with Crippen LogP contribution >= 0.6 is 0 Å². The molecule has 0 aromatic rings. The number of nitrogens with one attached hydrogen (secondary N) is 1. The highest BCUT2D eigenvalue weighted by Crippen LogP contribution is 2.31. The summed E-state index contributed by atoms with van der Waals surface area (Å²) in [4.78, 5) is 0. The Morgan fingerprint density at radius 3 is 2.46 bits per heavy atom. The highest BCUT2D eigenvalue weighted by Gasteiger charge is 2.34. The van der Waals surface area contributed by atoms with Crippen LogP contribution in [0.4, 0.5) is 0 Å². The van der Waals surface area contributed by atoms with E-state index in [1.807, 2.05) is 0 Å². The Kier molecular flexibility index (Phi) is 2.92. The fraction of sp³-hybridized carbons (Fsp3) is 1.00. The van der Waals surface area contributed by atoms with E-state index in [4.69, 9.17) is 0 Å². The third-order valence-electron chi connectivity index (χ3n) is 3.82. The molecule has 0 saturated heterocycles. The zero-order chi connectivity index (χ0) is 9.26. The Hall–Kier alpha value is -0.0400. The van der Waals surface area contributed by atoms with Crippen molar-refractivity contribution in [2.75, 3.05) is 0 Å². The maximum absolute atomic E-state index is 3.80. The monoisotopic (exact) mass is 181 g/mol. The highest BCUT2D eigenvalue weighted by molar-refractivity contribution is 4.92. The van der Waals surface area contributed by atoms with E-state index in [1.165, 1.54) is 38.5 Å². The van der Waals surface area contributed by atoms with Gasteiger partial charge in [-0.25, -0.2) is 0 Å². The molecule has 2 aliphatic rings. The fourth-order valence-electron chi connectivity index (χ4n) is 2.51. The minimum absolute atomic E-state index is 0.847. The van der Waals surface area contributed by atoms with Crippen LogP contribution in [0, 0.1) is 11.8 Å². The van der Waals surface area contributed by atoms with Crippen molar-refractivity contribution in [2.45, 2.75) is 64.5 Å². The number of rotatable bonds is 2. The molecule has 0 radical (unpaired) electrons. The summed E-state index contributed by atoms with van der Waals surface area (Å²) in [6, 6.07) is 1.72. The van der Waals surface area contributed by atoms with Gasteiger partial charge in [0.15, 0.2) is 0 Å². The molecule has 13 heavy (non-hydrogen) atoms. The van der Waals surface area contributed by atoms with Crippen molar-refractivity contribution in [3.63, 3.8) is 0 Å². The summed E-state index contributed by atoms with van der Waals surface area (Å²) >= 11 is 0. The van der Waals surface area contributed by atoms with E-state index in [9.17, 15) is 0 Å². The van der Waals surface area contributed by atoms with Gasteiger partial charge >= 0.3 is 0 Å². The van der Waals surface area contributed by atoms with E-state index in [0.29, 0.717) is 0 Å². The predicted molar refractivity (Wildman–Crippen MR) is 56.7 cm³/mol. The summed E-state index contributed by atoms with van der Waals surface area (Å²) in [5, 5.41) is 3.80. The molecule has 2 saturated carbocycles. The fourth-order valence-corrected chi connectivity index (χ4v) is 2.51. The molecule has 2 aliphatic carbocycles. The zero-order valence-electron chi connectivity index (χ0n) is 9.05. The van der Waals surface area contributed by atoms with E-state index in [0.717, 1.165) is 23.9 Å². The van der Waals surface area contributed by atoms with Crippen LogP contribution in [0.1, 0.15) is 52.4 Å².